The highest BCUT2D eigenvalue weighted by molar-refractivity contribution is 5.81. The van der Waals surface area contributed by atoms with Gasteiger partial charge in [-0.1, -0.05) is 119 Å². The first-order chi connectivity index (χ1) is 27.2. The molecule has 280 valence electrons. The lowest BCUT2D eigenvalue weighted by Crippen LogP contribution is -2.56. The van der Waals surface area contributed by atoms with Gasteiger partial charge in [0.1, 0.15) is 11.5 Å². The van der Waals surface area contributed by atoms with Gasteiger partial charge >= 0.3 is 0 Å². The zero-order valence-corrected chi connectivity index (χ0v) is 33.4. The number of fused-ring (bicyclic) bond motifs is 3. The third kappa shape index (κ3) is 5.20. The molecule has 6 aromatic rings. The van der Waals surface area contributed by atoms with Crippen LogP contribution in [-0.4, -0.2) is 0 Å². The molecule has 0 radical (unpaired) electrons. The maximum atomic E-state index is 6.86. The number of hydrogen-bond acceptors (Lipinski definition) is 2. The zero-order chi connectivity index (χ0) is 37.8. The maximum Gasteiger partial charge on any atom is 0.132 e. The number of para-hydroxylation sites is 1. The van der Waals surface area contributed by atoms with E-state index < -0.39 is 0 Å². The van der Waals surface area contributed by atoms with Gasteiger partial charge in [-0.15, -0.1) is 0 Å². The molecule has 0 aromatic heterocycles. The van der Waals surface area contributed by atoms with Crippen molar-refractivity contribution in [3.8, 4) is 33.8 Å². The number of benzene rings is 6. The molecule has 6 aliphatic rings. The second-order valence-electron chi connectivity index (χ2n) is 19.3. The molecule has 4 bridgehead atoms. The Kier molecular flexibility index (Phi) is 7.61. The van der Waals surface area contributed by atoms with Crippen molar-refractivity contribution in [2.75, 3.05) is 4.90 Å². The lowest BCUT2D eigenvalue weighted by molar-refractivity contribution is -0.0452. The van der Waals surface area contributed by atoms with Crippen molar-refractivity contribution in [3.63, 3.8) is 0 Å². The molecule has 2 nitrogen and oxygen atoms in total. The van der Waals surface area contributed by atoms with Gasteiger partial charge in [-0.2, -0.15) is 0 Å². The van der Waals surface area contributed by atoms with Gasteiger partial charge in [-0.05, 0) is 161 Å². The normalized spacial score (nSPS) is 25.9. The molecule has 0 N–H and O–H groups in total. The van der Waals surface area contributed by atoms with Crippen LogP contribution in [0.15, 0.2) is 140 Å². The number of ether oxygens (including phenoxy) is 1. The molecule has 0 amide bonds. The minimum atomic E-state index is 0.0786. The summed E-state index contributed by atoms with van der Waals surface area (Å²) >= 11 is 0. The van der Waals surface area contributed by atoms with Crippen LogP contribution in [0.4, 0.5) is 17.1 Å². The van der Waals surface area contributed by atoms with Crippen LogP contribution in [-0.2, 0) is 16.2 Å². The number of rotatable bonds is 5. The van der Waals surface area contributed by atoms with Gasteiger partial charge in [0.15, 0.2) is 0 Å². The first-order valence-corrected chi connectivity index (χ1v) is 21.3. The summed E-state index contributed by atoms with van der Waals surface area (Å²) in [5.41, 5.74) is 14.6. The molecule has 1 spiro atoms. The monoisotopic (exact) mass is 731 g/mol. The fourth-order valence-electron chi connectivity index (χ4n) is 12.5. The van der Waals surface area contributed by atoms with Crippen LogP contribution >= 0.6 is 0 Å². The predicted octanol–water partition coefficient (Wildman–Crippen LogP) is 14.7. The molecule has 1 heterocycles. The van der Waals surface area contributed by atoms with E-state index in [1.165, 1.54) is 95.1 Å². The maximum absolute atomic E-state index is 6.86. The number of anilines is 3. The third-order valence-corrected chi connectivity index (χ3v) is 15.2. The van der Waals surface area contributed by atoms with Crippen LogP contribution in [0, 0.1) is 23.7 Å². The molecule has 6 aromatic carbocycles. The van der Waals surface area contributed by atoms with Crippen LogP contribution in [0.25, 0.3) is 22.3 Å². The van der Waals surface area contributed by atoms with E-state index in [1.807, 2.05) is 0 Å². The van der Waals surface area contributed by atoms with Crippen LogP contribution in [0.1, 0.15) is 94.9 Å². The molecule has 0 saturated heterocycles. The van der Waals surface area contributed by atoms with E-state index in [0.29, 0.717) is 11.8 Å². The summed E-state index contributed by atoms with van der Waals surface area (Å²) in [5, 5.41) is 0. The summed E-state index contributed by atoms with van der Waals surface area (Å²) < 4.78 is 6.86. The Morgan fingerprint density at radius 1 is 0.429 bits per heavy atom. The molecule has 5 aliphatic carbocycles. The van der Waals surface area contributed by atoms with Crippen molar-refractivity contribution in [2.45, 2.75) is 88.9 Å². The topological polar surface area (TPSA) is 12.5 Å². The summed E-state index contributed by atoms with van der Waals surface area (Å²) in [5.74, 6) is 5.39. The fraction of sp³-hybridized carbons (Fsp3) is 0.333. The van der Waals surface area contributed by atoms with Crippen molar-refractivity contribution in [1.29, 1.82) is 0 Å². The Morgan fingerprint density at radius 3 is 1.59 bits per heavy atom. The van der Waals surface area contributed by atoms with Gasteiger partial charge in [0.2, 0.25) is 0 Å². The molecular weight excluding hydrogens is 679 g/mol. The lowest BCUT2D eigenvalue weighted by Gasteiger charge is -2.63. The quantitative estimate of drug-likeness (QED) is 0.175. The summed E-state index contributed by atoms with van der Waals surface area (Å²) in [6.45, 7) is 9.66. The zero-order valence-electron chi connectivity index (χ0n) is 33.4. The highest BCUT2D eigenvalue weighted by Crippen LogP contribution is 2.69. The Hall–Kier alpha value is -5.08. The molecular formula is C54H53NO. The van der Waals surface area contributed by atoms with Gasteiger partial charge in [-0.25, -0.2) is 0 Å². The largest absolute Gasteiger partial charge is 0.457 e. The Bertz CT molecular complexity index is 2430. The van der Waals surface area contributed by atoms with E-state index in [-0.39, 0.29) is 16.2 Å². The average molecular weight is 732 g/mol. The van der Waals surface area contributed by atoms with Crippen molar-refractivity contribution in [2.24, 2.45) is 23.7 Å². The summed E-state index contributed by atoms with van der Waals surface area (Å²) in [6.07, 6.45) is 9.34. The molecule has 4 fully saturated rings. The molecule has 1 aliphatic heterocycles. The Morgan fingerprint density at radius 2 is 0.929 bits per heavy atom. The first kappa shape index (κ1) is 34.2. The van der Waals surface area contributed by atoms with Crippen LogP contribution < -0.4 is 9.64 Å². The Labute approximate surface area is 333 Å². The molecule has 12 rings (SSSR count). The van der Waals surface area contributed by atoms with E-state index in [4.69, 9.17) is 4.74 Å². The second kappa shape index (κ2) is 12.5. The standard InChI is InChI=1S/C54H53NO/c1-52(2)26-27-53(3,4)49-34-45(23-25-46(49)52)55(43-19-14-38(15-20-43)37-10-6-5-7-11-37)44-21-16-39(17-22-44)40-18-24-48-51(33-40)56-50-13-9-8-12-47(50)54(48)41-29-35-28-36(31-41)32-42(54)30-35/h5-25,33-36,41-42H,26-32H2,1-4H3. The number of nitrogens with zero attached hydrogens (tertiary/aromatic N) is 1. The first-order valence-electron chi connectivity index (χ1n) is 21.3. The highest BCUT2D eigenvalue weighted by Gasteiger charge is 2.61. The SMILES string of the molecule is CC1(C)CCC(C)(C)c2cc(N(c3ccc(-c4ccccc4)cc3)c3ccc(-c4ccc5c(c4)Oc4ccccc4C54C5CC6CC(C5)CC4C6)cc3)ccc21. The predicted molar refractivity (Wildman–Crippen MR) is 232 cm³/mol. The molecule has 2 heteroatoms. The van der Waals surface area contributed by atoms with E-state index >= 15 is 0 Å². The summed E-state index contributed by atoms with van der Waals surface area (Å²) in [7, 11) is 0. The molecule has 4 saturated carbocycles. The minimum Gasteiger partial charge on any atom is -0.457 e. The highest BCUT2D eigenvalue weighted by atomic mass is 16.5. The smallest absolute Gasteiger partial charge is 0.132 e. The molecule has 0 unspecified atom stereocenters. The minimum absolute atomic E-state index is 0.0786. The van der Waals surface area contributed by atoms with E-state index in [0.717, 1.165) is 34.7 Å². The molecule has 56 heavy (non-hydrogen) atoms. The van der Waals surface area contributed by atoms with Crippen molar-refractivity contribution in [1.82, 2.24) is 0 Å². The lowest BCUT2D eigenvalue weighted by atomic mass is 9.42. The Balaban J connectivity index is 0.981. The van der Waals surface area contributed by atoms with Crippen molar-refractivity contribution < 1.29 is 4.74 Å². The van der Waals surface area contributed by atoms with Crippen molar-refractivity contribution in [3.05, 3.63) is 162 Å². The summed E-state index contributed by atoms with van der Waals surface area (Å²) in [4.78, 5) is 2.44. The molecule has 0 atom stereocenters. The van der Waals surface area contributed by atoms with E-state index in [9.17, 15) is 0 Å². The van der Waals surface area contributed by atoms with Gasteiger partial charge in [0.25, 0.3) is 0 Å². The summed E-state index contributed by atoms with van der Waals surface area (Å²) in [6, 6.07) is 52.4. The van der Waals surface area contributed by atoms with E-state index in [1.54, 1.807) is 0 Å². The van der Waals surface area contributed by atoms with Crippen LogP contribution in [0.2, 0.25) is 0 Å². The van der Waals surface area contributed by atoms with Crippen LogP contribution in [0.5, 0.6) is 11.5 Å². The number of hydrogen-bond donors (Lipinski definition) is 0. The average Bonchev–Trinajstić information content (AvgIpc) is 3.22. The third-order valence-electron chi connectivity index (χ3n) is 15.2. The van der Waals surface area contributed by atoms with Gasteiger partial charge in [0, 0.05) is 33.6 Å². The van der Waals surface area contributed by atoms with Gasteiger partial charge < -0.3 is 9.64 Å². The van der Waals surface area contributed by atoms with Gasteiger partial charge in [0.05, 0.1) is 0 Å². The van der Waals surface area contributed by atoms with Gasteiger partial charge in [-0.3, -0.25) is 0 Å². The van der Waals surface area contributed by atoms with E-state index in [2.05, 4.69) is 172 Å². The second-order valence-corrected chi connectivity index (χ2v) is 19.3. The van der Waals surface area contributed by atoms with Crippen LogP contribution in [0.3, 0.4) is 0 Å². The van der Waals surface area contributed by atoms with Crippen molar-refractivity contribution >= 4 is 17.1 Å². The fourth-order valence-corrected chi connectivity index (χ4v) is 12.5.